The van der Waals surface area contributed by atoms with Gasteiger partial charge in [-0.3, -0.25) is 19.4 Å². The number of halogens is 1. The Morgan fingerprint density at radius 3 is 2.11 bits per heavy atom. The zero-order valence-corrected chi connectivity index (χ0v) is 21.4. The van der Waals surface area contributed by atoms with Gasteiger partial charge in [-0.1, -0.05) is 23.7 Å². The van der Waals surface area contributed by atoms with Gasteiger partial charge in [-0.05, 0) is 60.5 Å². The van der Waals surface area contributed by atoms with E-state index in [1.807, 2.05) is 4.72 Å². The van der Waals surface area contributed by atoms with Crippen molar-refractivity contribution in [1.29, 1.82) is 0 Å². The fraction of sp³-hybridized carbons (Fsp3) is 0.200. The number of nitrogens with one attached hydrogen (secondary N) is 3. The highest BCUT2D eigenvalue weighted by Crippen LogP contribution is 2.13. The Hall–Kier alpha value is -3.80. The van der Waals surface area contributed by atoms with Crippen LogP contribution in [0, 0.1) is 0 Å². The predicted octanol–water partition coefficient (Wildman–Crippen LogP) is 2.20. The summed E-state index contributed by atoms with van der Waals surface area (Å²) >= 11 is 5.82. The van der Waals surface area contributed by atoms with E-state index in [4.69, 9.17) is 16.3 Å². The molecule has 3 aromatic rings. The first-order valence-electron chi connectivity index (χ1n) is 11.1. The molecule has 12 heteroatoms. The highest BCUT2D eigenvalue weighted by atomic mass is 35.5. The van der Waals surface area contributed by atoms with E-state index in [0.717, 1.165) is 11.8 Å². The van der Waals surface area contributed by atoms with Crippen LogP contribution in [0.25, 0.3) is 0 Å². The van der Waals surface area contributed by atoms with E-state index in [-0.39, 0.29) is 22.1 Å². The number of ether oxygens (including phenoxy) is 1. The van der Waals surface area contributed by atoms with E-state index in [2.05, 4.69) is 15.6 Å². The van der Waals surface area contributed by atoms with Gasteiger partial charge in [0.25, 0.3) is 27.7 Å². The van der Waals surface area contributed by atoms with Gasteiger partial charge in [0.2, 0.25) is 0 Å². The van der Waals surface area contributed by atoms with Crippen molar-refractivity contribution in [2.24, 2.45) is 0 Å². The van der Waals surface area contributed by atoms with Crippen molar-refractivity contribution < 1.29 is 27.5 Å². The third-order valence-corrected chi connectivity index (χ3v) is 6.72. The number of rotatable bonds is 11. The molecule has 3 amide bonds. The molecule has 3 rings (SSSR count). The van der Waals surface area contributed by atoms with Crippen LogP contribution in [0.2, 0.25) is 5.02 Å². The molecule has 0 aliphatic carbocycles. The van der Waals surface area contributed by atoms with E-state index in [9.17, 15) is 22.8 Å². The lowest BCUT2D eigenvalue weighted by atomic mass is 10.1. The van der Waals surface area contributed by atoms with Gasteiger partial charge in [-0.15, -0.1) is 0 Å². The molecule has 0 saturated carbocycles. The van der Waals surface area contributed by atoms with Gasteiger partial charge in [0, 0.05) is 37.0 Å². The molecule has 0 bridgehead atoms. The number of amides is 3. The number of benzene rings is 2. The van der Waals surface area contributed by atoms with Crippen LogP contribution in [0.4, 0.5) is 0 Å². The predicted molar refractivity (Wildman–Crippen MR) is 137 cm³/mol. The van der Waals surface area contributed by atoms with E-state index < -0.39 is 21.8 Å². The summed E-state index contributed by atoms with van der Waals surface area (Å²) in [5.74, 6) is -1.57. The number of carbonyl (C=O) groups excluding carboxylic acids is 3. The first-order chi connectivity index (χ1) is 17.7. The molecule has 0 aliphatic heterocycles. The second kappa shape index (κ2) is 12.9. The highest BCUT2D eigenvalue weighted by molar-refractivity contribution is 7.90. The summed E-state index contributed by atoms with van der Waals surface area (Å²) in [7, 11) is -2.63. The maximum absolute atomic E-state index is 12.6. The minimum atomic E-state index is -4.14. The minimum Gasteiger partial charge on any atom is -0.383 e. The molecular formula is C25H25ClN4O6S. The largest absolute Gasteiger partial charge is 0.383 e. The topological polar surface area (TPSA) is 144 Å². The maximum Gasteiger partial charge on any atom is 0.269 e. The molecule has 2 aromatic carbocycles. The molecule has 3 N–H and O–H groups in total. The number of nitrogens with zero attached hydrogens (tertiary/aromatic N) is 1. The molecule has 1 aromatic heterocycles. The number of carbonyl (C=O) groups is 3. The molecule has 0 unspecified atom stereocenters. The van der Waals surface area contributed by atoms with Crippen LogP contribution in [0.5, 0.6) is 0 Å². The monoisotopic (exact) mass is 544 g/mol. The second-order valence-electron chi connectivity index (χ2n) is 7.77. The zero-order valence-electron chi connectivity index (χ0n) is 19.9. The summed E-state index contributed by atoms with van der Waals surface area (Å²) in [4.78, 5) is 40.4. The standard InChI is InChI=1S/C25H25ClN4O6S/c1-36-15-14-28-25(33)22-11-6-19(16-29-22)24(32)30-37(34,35)21-9-2-17(3-10-21)12-13-27-23(31)18-4-7-20(26)8-5-18/h2-11,16H,12-15H2,1H3,(H,27,31)(H,28,33)(H,30,32). The van der Waals surface area contributed by atoms with E-state index >= 15 is 0 Å². The lowest BCUT2D eigenvalue weighted by Gasteiger charge is -2.09. The molecule has 0 radical (unpaired) electrons. The van der Waals surface area contributed by atoms with Crippen molar-refractivity contribution in [2.45, 2.75) is 11.3 Å². The minimum absolute atomic E-state index is 0.0231. The molecule has 0 spiro atoms. The fourth-order valence-electron chi connectivity index (χ4n) is 3.12. The van der Waals surface area contributed by atoms with Crippen molar-refractivity contribution >= 4 is 39.3 Å². The highest BCUT2D eigenvalue weighted by Gasteiger charge is 2.19. The smallest absolute Gasteiger partial charge is 0.269 e. The third-order valence-electron chi connectivity index (χ3n) is 5.12. The average molecular weight is 545 g/mol. The van der Waals surface area contributed by atoms with E-state index in [1.165, 1.54) is 31.4 Å². The van der Waals surface area contributed by atoms with Crippen molar-refractivity contribution in [3.63, 3.8) is 0 Å². The summed E-state index contributed by atoms with van der Waals surface area (Å²) in [5.41, 5.74) is 1.34. The van der Waals surface area contributed by atoms with Crippen molar-refractivity contribution in [3.05, 3.63) is 94.3 Å². The Labute approximate surface area is 219 Å². The van der Waals surface area contributed by atoms with Crippen LogP contribution in [0.15, 0.2) is 71.8 Å². The number of aromatic nitrogens is 1. The first kappa shape index (κ1) is 27.8. The summed E-state index contributed by atoms with van der Waals surface area (Å²) in [6.07, 6.45) is 1.60. The third kappa shape index (κ3) is 8.10. The van der Waals surface area contributed by atoms with Crippen LogP contribution in [0.1, 0.15) is 36.8 Å². The fourth-order valence-corrected chi connectivity index (χ4v) is 4.22. The summed E-state index contributed by atoms with van der Waals surface area (Å²) in [5, 5.41) is 5.92. The number of methoxy groups -OCH3 is 1. The van der Waals surface area contributed by atoms with Gasteiger partial charge in [0.15, 0.2) is 0 Å². The molecule has 10 nitrogen and oxygen atoms in total. The molecule has 0 saturated heterocycles. The normalized spacial score (nSPS) is 11.0. The molecular weight excluding hydrogens is 520 g/mol. The number of sulfonamides is 1. The quantitative estimate of drug-likeness (QED) is 0.314. The van der Waals surface area contributed by atoms with Gasteiger partial charge < -0.3 is 15.4 Å². The van der Waals surface area contributed by atoms with Crippen LogP contribution in [0.3, 0.4) is 0 Å². The zero-order chi connectivity index (χ0) is 26.8. The van der Waals surface area contributed by atoms with E-state index in [1.54, 1.807) is 36.4 Å². The van der Waals surface area contributed by atoms with Gasteiger partial charge in [-0.25, -0.2) is 13.1 Å². The van der Waals surface area contributed by atoms with Crippen molar-refractivity contribution in [1.82, 2.24) is 20.3 Å². The number of pyridine rings is 1. The summed E-state index contributed by atoms with van der Waals surface area (Å²) in [6, 6.07) is 15.1. The van der Waals surface area contributed by atoms with Crippen LogP contribution in [-0.2, 0) is 21.2 Å². The Morgan fingerprint density at radius 2 is 1.49 bits per heavy atom. The molecule has 1 heterocycles. The Bertz CT molecular complexity index is 1350. The SMILES string of the molecule is COCCNC(=O)c1ccc(C(=O)NS(=O)(=O)c2ccc(CCNC(=O)c3ccc(Cl)cc3)cc2)cn1. The van der Waals surface area contributed by atoms with E-state index in [0.29, 0.717) is 36.7 Å². The van der Waals surface area contributed by atoms with Gasteiger partial charge in [0.05, 0.1) is 17.1 Å². The first-order valence-corrected chi connectivity index (χ1v) is 13.0. The lowest BCUT2D eigenvalue weighted by Crippen LogP contribution is -2.31. The van der Waals surface area contributed by atoms with Gasteiger partial charge in [-0.2, -0.15) is 0 Å². The molecule has 194 valence electrons. The Morgan fingerprint density at radius 1 is 0.838 bits per heavy atom. The van der Waals surface area contributed by atoms with Crippen LogP contribution >= 0.6 is 11.6 Å². The van der Waals surface area contributed by atoms with Crippen LogP contribution in [-0.4, -0.2) is 57.9 Å². The van der Waals surface area contributed by atoms with Gasteiger partial charge in [0.1, 0.15) is 5.69 Å². The second-order valence-corrected chi connectivity index (χ2v) is 9.89. The Kier molecular flexibility index (Phi) is 9.72. The number of hydrogen-bond donors (Lipinski definition) is 3. The molecule has 37 heavy (non-hydrogen) atoms. The molecule has 0 aliphatic rings. The van der Waals surface area contributed by atoms with Crippen molar-refractivity contribution in [3.8, 4) is 0 Å². The summed E-state index contributed by atoms with van der Waals surface area (Å²) < 4.78 is 32.1. The van der Waals surface area contributed by atoms with Crippen molar-refractivity contribution in [2.75, 3.05) is 26.8 Å². The molecule has 0 fully saturated rings. The summed E-state index contributed by atoms with van der Waals surface area (Å²) in [6.45, 7) is 0.984. The average Bonchev–Trinajstić information content (AvgIpc) is 2.89. The maximum atomic E-state index is 12.6. The van der Waals surface area contributed by atoms with Crippen LogP contribution < -0.4 is 15.4 Å². The van der Waals surface area contributed by atoms with Gasteiger partial charge >= 0.3 is 0 Å². The lowest BCUT2D eigenvalue weighted by molar-refractivity contribution is 0.0927. The Balaban J connectivity index is 1.53. The molecule has 0 atom stereocenters. The number of hydrogen-bond acceptors (Lipinski definition) is 7.